The third-order valence-corrected chi connectivity index (χ3v) is 3.66. The minimum Gasteiger partial charge on any atom is -0.504 e. The van der Waals surface area contributed by atoms with Crippen LogP contribution in [0.25, 0.3) is 6.08 Å². The highest BCUT2D eigenvalue weighted by Gasteiger charge is 2.54. The zero-order valence-corrected chi connectivity index (χ0v) is 13.9. The number of aliphatic hydroxyl groups is 4. The van der Waals surface area contributed by atoms with E-state index < -0.39 is 41.6 Å². The molecule has 0 bridgehead atoms. The van der Waals surface area contributed by atoms with Crippen molar-refractivity contribution in [2.75, 3.05) is 7.11 Å². The van der Waals surface area contributed by atoms with Gasteiger partial charge >= 0.3 is 11.9 Å². The molecule has 0 aliphatic carbocycles. The predicted molar refractivity (Wildman–Crippen MR) is 86.9 cm³/mol. The lowest BCUT2D eigenvalue weighted by Gasteiger charge is -2.30. The Morgan fingerprint density at radius 2 is 1.74 bits per heavy atom. The van der Waals surface area contributed by atoms with Gasteiger partial charge in [-0.05, 0) is 23.8 Å². The monoisotopic (exact) mass is 386 g/mol. The molecular formula is C16H18O11. The number of ketones is 1. The molecule has 1 aromatic carbocycles. The maximum Gasteiger partial charge on any atom is 0.346 e. The van der Waals surface area contributed by atoms with Gasteiger partial charge in [0.15, 0.2) is 17.6 Å². The van der Waals surface area contributed by atoms with Crippen LogP contribution in [0.3, 0.4) is 0 Å². The average molecular weight is 386 g/mol. The van der Waals surface area contributed by atoms with E-state index >= 15 is 0 Å². The average Bonchev–Trinajstić information content (AvgIpc) is 2.63. The summed E-state index contributed by atoms with van der Waals surface area (Å²) >= 11 is 0. The lowest BCUT2D eigenvalue weighted by Crippen LogP contribution is -2.62. The SMILES string of the molecule is COc1cc(/C=C/C(=O)[C@](O)(C(=O)O)[C@@H](O)[C@H](O)[C@H](O)C(=O)O)ccc1O. The molecule has 11 heteroatoms. The molecule has 1 aromatic rings. The van der Waals surface area contributed by atoms with Crippen molar-refractivity contribution in [3.63, 3.8) is 0 Å². The van der Waals surface area contributed by atoms with E-state index in [1.165, 1.54) is 25.3 Å². The van der Waals surface area contributed by atoms with Crippen LogP contribution in [0.1, 0.15) is 5.56 Å². The van der Waals surface area contributed by atoms with E-state index in [1.54, 1.807) is 0 Å². The lowest BCUT2D eigenvalue weighted by molar-refractivity contribution is -0.194. The van der Waals surface area contributed by atoms with Gasteiger partial charge in [-0.25, -0.2) is 9.59 Å². The molecule has 4 atom stereocenters. The fraction of sp³-hybridized carbons (Fsp3) is 0.312. The van der Waals surface area contributed by atoms with Gasteiger partial charge in [0.05, 0.1) is 7.11 Å². The van der Waals surface area contributed by atoms with Gasteiger partial charge in [-0.1, -0.05) is 12.1 Å². The number of carbonyl (C=O) groups excluding carboxylic acids is 1. The molecule has 0 spiro atoms. The molecule has 0 aliphatic heterocycles. The molecule has 11 nitrogen and oxygen atoms in total. The first-order valence-corrected chi connectivity index (χ1v) is 7.29. The minimum absolute atomic E-state index is 0.0399. The number of carboxylic acid groups (broad SMARTS) is 2. The van der Waals surface area contributed by atoms with Gasteiger partial charge in [-0.3, -0.25) is 4.79 Å². The van der Waals surface area contributed by atoms with Crippen molar-refractivity contribution in [1.29, 1.82) is 0 Å². The number of aliphatic carboxylic acids is 2. The molecule has 0 unspecified atom stereocenters. The molecule has 0 amide bonds. The largest absolute Gasteiger partial charge is 0.504 e. The van der Waals surface area contributed by atoms with E-state index in [-0.39, 0.29) is 17.1 Å². The second kappa shape index (κ2) is 8.60. The summed E-state index contributed by atoms with van der Waals surface area (Å²) in [6.45, 7) is 0. The minimum atomic E-state index is -3.63. The molecule has 0 fully saturated rings. The molecule has 0 aromatic heterocycles. The molecule has 7 N–H and O–H groups in total. The van der Waals surface area contributed by atoms with E-state index in [0.29, 0.717) is 6.08 Å². The summed E-state index contributed by atoms with van der Waals surface area (Å²) in [5.41, 5.74) is -3.39. The first-order chi connectivity index (χ1) is 12.5. The highest BCUT2D eigenvalue weighted by atomic mass is 16.5. The Morgan fingerprint density at radius 3 is 2.22 bits per heavy atom. The second-order valence-electron chi connectivity index (χ2n) is 5.42. The Kier molecular flexibility index (Phi) is 7.02. The molecule has 27 heavy (non-hydrogen) atoms. The van der Waals surface area contributed by atoms with Crippen LogP contribution < -0.4 is 4.74 Å². The maximum absolute atomic E-state index is 12.1. The second-order valence-corrected chi connectivity index (χ2v) is 5.42. The van der Waals surface area contributed by atoms with Crippen LogP contribution in [0.2, 0.25) is 0 Å². The summed E-state index contributed by atoms with van der Waals surface area (Å²) in [6, 6.07) is 3.81. The molecule has 148 valence electrons. The van der Waals surface area contributed by atoms with E-state index in [9.17, 15) is 39.9 Å². The first kappa shape index (κ1) is 22.1. The van der Waals surface area contributed by atoms with Crippen molar-refractivity contribution in [3.05, 3.63) is 29.8 Å². The maximum atomic E-state index is 12.1. The quantitative estimate of drug-likeness (QED) is 0.182. The number of benzene rings is 1. The van der Waals surface area contributed by atoms with Crippen molar-refractivity contribution in [3.8, 4) is 11.5 Å². The van der Waals surface area contributed by atoms with Crippen LogP contribution in [0.4, 0.5) is 0 Å². The van der Waals surface area contributed by atoms with Gasteiger partial charge < -0.3 is 40.5 Å². The summed E-state index contributed by atoms with van der Waals surface area (Å²) in [5.74, 6) is -6.05. The van der Waals surface area contributed by atoms with Gasteiger partial charge in [0.2, 0.25) is 5.78 Å². The predicted octanol–water partition coefficient (Wildman–Crippen LogP) is -2.03. The fourth-order valence-corrected chi connectivity index (χ4v) is 2.04. The molecule has 1 rings (SSSR count). The number of ether oxygens (including phenoxy) is 1. The standard InChI is InChI=1S/C16H18O11/c1-27-9-6-7(2-4-8(9)17)3-5-10(18)16(26,15(24)25)13(21)11(19)12(20)14(22)23/h2-6,11-13,17,19-21,26H,1H3,(H,22,23)(H,24,25)/b5-3+/t11-,12+,13+,16-/m1/s1. The van der Waals surface area contributed by atoms with Crippen molar-refractivity contribution in [1.82, 2.24) is 0 Å². The van der Waals surface area contributed by atoms with Crippen molar-refractivity contribution < 1.29 is 54.9 Å². The Labute approximate surface area is 152 Å². The van der Waals surface area contributed by atoms with Crippen molar-refractivity contribution in [2.45, 2.75) is 23.9 Å². The Balaban J connectivity index is 3.17. The summed E-state index contributed by atoms with van der Waals surface area (Å²) < 4.78 is 4.85. The lowest BCUT2D eigenvalue weighted by atomic mass is 9.86. The fourth-order valence-electron chi connectivity index (χ4n) is 2.04. The van der Waals surface area contributed by atoms with E-state index in [2.05, 4.69) is 0 Å². The number of phenolic OH excluding ortho intramolecular Hbond substituents is 1. The Bertz CT molecular complexity index is 757. The number of rotatable bonds is 9. The number of methoxy groups -OCH3 is 1. The third kappa shape index (κ3) is 4.60. The number of aromatic hydroxyl groups is 1. The number of hydrogen-bond donors (Lipinski definition) is 7. The molecule has 0 aliphatic rings. The first-order valence-electron chi connectivity index (χ1n) is 7.29. The Hall–Kier alpha value is -2.99. The Morgan fingerprint density at radius 1 is 1.15 bits per heavy atom. The highest BCUT2D eigenvalue weighted by molar-refractivity contribution is 6.13. The number of hydrogen-bond acceptors (Lipinski definition) is 9. The van der Waals surface area contributed by atoms with Gasteiger partial charge in [-0.15, -0.1) is 0 Å². The summed E-state index contributed by atoms with van der Waals surface area (Å²) in [7, 11) is 1.27. The number of phenols is 1. The number of carboxylic acids is 2. The molecular weight excluding hydrogens is 368 g/mol. The van der Waals surface area contributed by atoms with Crippen LogP contribution in [-0.4, -0.2) is 84.5 Å². The van der Waals surface area contributed by atoms with E-state index in [1.807, 2.05) is 0 Å². The van der Waals surface area contributed by atoms with Gasteiger partial charge in [-0.2, -0.15) is 0 Å². The zero-order valence-electron chi connectivity index (χ0n) is 13.9. The van der Waals surface area contributed by atoms with Crippen molar-refractivity contribution >= 4 is 23.8 Å². The molecule has 0 heterocycles. The van der Waals surface area contributed by atoms with Crippen LogP contribution in [-0.2, 0) is 14.4 Å². The molecule has 0 saturated carbocycles. The van der Waals surface area contributed by atoms with Crippen LogP contribution in [0.5, 0.6) is 11.5 Å². The van der Waals surface area contributed by atoms with Gasteiger partial charge in [0, 0.05) is 0 Å². The van der Waals surface area contributed by atoms with Gasteiger partial charge in [0.25, 0.3) is 5.60 Å². The zero-order chi connectivity index (χ0) is 20.9. The van der Waals surface area contributed by atoms with E-state index in [4.69, 9.17) is 14.9 Å². The van der Waals surface area contributed by atoms with Crippen molar-refractivity contribution in [2.24, 2.45) is 0 Å². The molecule has 0 radical (unpaired) electrons. The summed E-state index contributed by atoms with van der Waals surface area (Å²) in [5, 5.41) is 65.8. The number of carbonyl (C=O) groups is 3. The van der Waals surface area contributed by atoms with Gasteiger partial charge in [0.1, 0.15) is 12.2 Å². The van der Waals surface area contributed by atoms with Crippen LogP contribution >= 0.6 is 0 Å². The van der Waals surface area contributed by atoms with E-state index in [0.717, 1.165) is 6.08 Å². The topological polar surface area (TPSA) is 202 Å². The third-order valence-electron chi connectivity index (χ3n) is 3.66. The smallest absolute Gasteiger partial charge is 0.346 e. The molecule has 0 saturated heterocycles. The summed E-state index contributed by atoms with van der Waals surface area (Å²) in [6.07, 6.45) is -6.60. The van der Waals surface area contributed by atoms with Crippen LogP contribution in [0, 0.1) is 0 Å². The normalized spacial score (nSPS) is 16.9. The summed E-state index contributed by atoms with van der Waals surface area (Å²) in [4.78, 5) is 34.1. The highest BCUT2D eigenvalue weighted by Crippen LogP contribution is 2.27. The van der Waals surface area contributed by atoms with Crippen LogP contribution in [0.15, 0.2) is 24.3 Å². The number of aliphatic hydroxyl groups excluding tert-OH is 3.